The number of rotatable bonds is 8. The maximum absolute atomic E-state index is 13.2. The predicted octanol–water partition coefficient (Wildman–Crippen LogP) is 4.07. The Kier molecular flexibility index (Phi) is 7.70. The van der Waals surface area contributed by atoms with E-state index in [0.29, 0.717) is 41.0 Å². The highest BCUT2D eigenvalue weighted by molar-refractivity contribution is 7.89. The molecule has 11 heteroatoms. The lowest BCUT2D eigenvalue weighted by molar-refractivity contribution is -0.0440. The number of thiazole rings is 1. The molecule has 1 aliphatic rings. The summed E-state index contributed by atoms with van der Waals surface area (Å²) >= 11 is 1.37. The van der Waals surface area contributed by atoms with Gasteiger partial charge in [-0.05, 0) is 38.1 Å². The Hall–Kier alpha value is -2.99. The van der Waals surface area contributed by atoms with Gasteiger partial charge in [0.25, 0.3) is 0 Å². The Balaban J connectivity index is 1.48. The van der Waals surface area contributed by atoms with Gasteiger partial charge in [-0.15, -0.1) is 11.3 Å². The van der Waals surface area contributed by atoms with Crippen molar-refractivity contribution in [1.82, 2.24) is 9.29 Å². The summed E-state index contributed by atoms with van der Waals surface area (Å²) in [4.78, 5) is 4.79. The van der Waals surface area contributed by atoms with Gasteiger partial charge in [0.05, 0.1) is 43.2 Å². The summed E-state index contributed by atoms with van der Waals surface area (Å²) in [6, 6.07) is 12.3. The SMILES string of the molecule is COc1ccc(/C=N/Nc2nc(-c3cccc(S(=O)(=O)N4CC(C)OC(C)C4)c3)cs2)c(OC)c1. The molecule has 35 heavy (non-hydrogen) atoms. The summed E-state index contributed by atoms with van der Waals surface area (Å²) in [5, 5.41) is 6.69. The third-order valence-corrected chi connectivity index (χ3v) is 8.04. The summed E-state index contributed by atoms with van der Waals surface area (Å²) in [5.41, 5.74) is 5.07. The van der Waals surface area contributed by atoms with Crippen LogP contribution in [0.4, 0.5) is 5.13 Å². The van der Waals surface area contributed by atoms with Gasteiger partial charge >= 0.3 is 0 Å². The molecule has 1 aliphatic heterocycles. The van der Waals surface area contributed by atoms with Crippen LogP contribution in [-0.2, 0) is 14.8 Å². The summed E-state index contributed by atoms with van der Waals surface area (Å²) in [7, 11) is -0.459. The van der Waals surface area contributed by atoms with E-state index in [9.17, 15) is 8.42 Å². The number of anilines is 1. The van der Waals surface area contributed by atoms with E-state index in [1.807, 2.05) is 37.4 Å². The highest BCUT2D eigenvalue weighted by atomic mass is 32.2. The van der Waals surface area contributed by atoms with Crippen molar-refractivity contribution in [3.8, 4) is 22.8 Å². The molecule has 1 fully saturated rings. The molecule has 2 atom stereocenters. The average molecular weight is 517 g/mol. The molecule has 9 nitrogen and oxygen atoms in total. The number of morpholine rings is 1. The van der Waals surface area contributed by atoms with E-state index >= 15 is 0 Å². The molecule has 1 saturated heterocycles. The molecular formula is C24H28N4O5S2. The second-order valence-corrected chi connectivity index (χ2v) is 10.9. The van der Waals surface area contributed by atoms with Crippen LogP contribution in [0.3, 0.4) is 0 Å². The van der Waals surface area contributed by atoms with Gasteiger partial charge in [0.1, 0.15) is 11.5 Å². The highest BCUT2D eigenvalue weighted by Crippen LogP contribution is 2.29. The minimum Gasteiger partial charge on any atom is -0.497 e. The normalized spacial score (nSPS) is 19.1. The first-order valence-corrected chi connectivity index (χ1v) is 13.3. The fourth-order valence-electron chi connectivity index (χ4n) is 3.83. The molecule has 1 N–H and O–H groups in total. The summed E-state index contributed by atoms with van der Waals surface area (Å²) < 4.78 is 44.2. The van der Waals surface area contributed by atoms with Crippen molar-refractivity contribution >= 4 is 32.7 Å². The maximum Gasteiger partial charge on any atom is 0.243 e. The summed E-state index contributed by atoms with van der Waals surface area (Å²) in [6.07, 6.45) is 1.33. The lowest BCUT2D eigenvalue weighted by Gasteiger charge is -2.34. The van der Waals surface area contributed by atoms with E-state index < -0.39 is 10.0 Å². The predicted molar refractivity (Wildman–Crippen MR) is 137 cm³/mol. The zero-order valence-electron chi connectivity index (χ0n) is 20.0. The van der Waals surface area contributed by atoms with E-state index in [0.717, 1.165) is 5.56 Å². The van der Waals surface area contributed by atoms with Gasteiger partial charge in [-0.1, -0.05) is 12.1 Å². The fraction of sp³-hybridized carbons (Fsp3) is 0.333. The number of nitrogens with one attached hydrogen (secondary N) is 1. The quantitative estimate of drug-likeness (QED) is 0.356. The first-order chi connectivity index (χ1) is 16.8. The molecular weight excluding hydrogens is 488 g/mol. The van der Waals surface area contributed by atoms with Gasteiger partial charge < -0.3 is 14.2 Å². The Bertz CT molecular complexity index is 1300. The zero-order valence-corrected chi connectivity index (χ0v) is 21.6. The van der Waals surface area contributed by atoms with E-state index in [4.69, 9.17) is 14.2 Å². The molecule has 0 aliphatic carbocycles. The maximum atomic E-state index is 13.2. The van der Waals surface area contributed by atoms with Crippen molar-refractivity contribution in [2.75, 3.05) is 32.7 Å². The lowest BCUT2D eigenvalue weighted by atomic mass is 10.2. The van der Waals surface area contributed by atoms with Crippen LogP contribution in [0, 0.1) is 0 Å². The standard InChI is InChI=1S/C24H28N4O5S2/c1-16-13-28(14-17(2)33-16)35(29,30)21-7-5-6-18(10-21)22-15-34-24(26-22)27-25-12-19-8-9-20(31-3)11-23(19)32-4/h5-12,15-17H,13-14H2,1-4H3,(H,26,27)/b25-12+. The number of aromatic nitrogens is 1. The number of hydrogen-bond acceptors (Lipinski definition) is 9. The molecule has 0 spiro atoms. The van der Waals surface area contributed by atoms with Crippen molar-refractivity contribution in [3.63, 3.8) is 0 Å². The lowest BCUT2D eigenvalue weighted by Crippen LogP contribution is -2.48. The van der Waals surface area contributed by atoms with Gasteiger partial charge in [0, 0.05) is 35.7 Å². The van der Waals surface area contributed by atoms with E-state index in [2.05, 4.69) is 15.5 Å². The average Bonchev–Trinajstić information content (AvgIpc) is 3.32. The minimum absolute atomic E-state index is 0.151. The number of nitrogens with zero attached hydrogens (tertiary/aromatic N) is 3. The van der Waals surface area contributed by atoms with Crippen LogP contribution in [-0.4, -0.2) is 63.4 Å². The molecule has 2 unspecified atom stereocenters. The smallest absolute Gasteiger partial charge is 0.243 e. The van der Waals surface area contributed by atoms with E-state index in [1.165, 1.54) is 15.6 Å². The molecule has 2 heterocycles. The molecule has 2 aromatic carbocycles. The molecule has 0 radical (unpaired) electrons. The molecule has 0 saturated carbocycles. The largest absolute Gasteiger partial charge is 0.497 e. The fourth-order valence-corrected chi connectivity index (χ4v) is 6.14. The van der Waals surface area contributed by atoms with Crippen LogP contribution < -0.4 is 14.9 Å². The van der Waals surface area contributed by atoms with Crippen molar-refractivity contribution in [2.24, 2.45) is 5.10 Å². The topological polar surface area (TPSA) is 102 Å². The van der Waals surface area contributed by atoms with E-state index in [-0.39, 0.29) is 17.1 Å². The first-order valence-electron chi connectivity index (χ1n) is 11.0. The Labute approximate surface area is 209 Å². The van der Waals surface area contributed by atoms with Crippen LogP contribution in [0.2, 0.25) is 0 Å². The Morgan fingerprint density at radius 3 is 2.63 bits per heavy atom. The van der Waals surface area contributed by atoms with Gasteiger partial charge in [0.15, 0.2) is 0 Å². The van der Waals surface area contributed by atoms with Crippen LogP contribution >= 0.6 is 11.3 Å². The van der Waals surface area contributed by atoms with Gasteiger partial charge in [0.2, 0.25) is 15.2 Å². The third kappa shape index (κ3) is 5.81. The first kappa shape index (κ1) is 25.1. The van der Waals surface area contributed by atoms with Crippen molar-refractivity contribution in [2.45, 2.75) is 31.0 Å². The van der Waals surface area contributed by atoms with E-state index in [1.54, 1.807) is 44.7 Å². The van der Waals surface area contributed by atoms with Gasteiger partial charge in [-0.25, -0.2) is 13.4 Å². The third-order valence-electron chi connectivity index (χ3n) is 5.46. The molecule has 3 aromatic rings. The number of ether oxygens (including phenoxy) is 3. The Morgan fingerprint density at radius 2 is 1.91 bits per heavy atom. The Morgan fingerprint density at radius 1 is 1.14 bits per heavy atom. The number of hydrazone groups is 1. The molecule has 0 bridgehead atoms. The van der Waals surface area contributed by atoms with Gasteiger partial charge in [-0.2, -0.15) is 9.41 Å². The second kappa shape index (κ2) is 10.7. The van der Waals surface area contributed by atoms with Crippen LogP contribution in [0.5, 0.6) is 11.5 Å². The van der Waals surface area contributed by atoms with Crippen molar-refractivity contribution < 1.29 is 22.6 Å². The molecule has 1 aromatic heterocycles. The van der Waals surface area contributed by atoms with Crippen molar-refractivity contribution in [3.05, 3.63) is 53.4 Å². The second-order valence-electron chi connectivity index (χ2n) is 8.12. The van der Waals surface area contributed by atoms with Crippen LogP contribution in [0.25, 0.3) is 11.3 Å². The molecule has 0 amide bonds. The number of benzene rings is 2. The number of sulfonamides is 1. The van der Waals surface area contributed by atoms with Gasteiger partial charge in [-0.3, -0.25) is 5.43 Å². The molecule has 4 rings (SSSR count). The number of hydrogen-bond donors (Lipinski definition) is 1. The van der Waals surface area contributed by atoms with Crippen LogP contribution in [0.1, 0.15) is 19.4 Å². The van der Waals surface area contributed by atoms with Crippen molar-refractivity contribution in [1.29, 1.82) is 0 Å². The highest BCUT2D eigenvalue weighted by Gasteiger charge is 2.32. The molecule has 186 valence electrons. The monoisotopic (exact) mass is 516 g/mol. The number of methoxy groups -OCH3 is 2. The van der Waals surface area contributed by atoms with Crippen LogP contribution in [0.15, 0.2) is 57.8 Å². The summed E-state index contributed by atoms with van der Waals surface area (Å²) in [5.74, 6) is 1.33. The minimum atomic E-state index is -3.64. The summed E-state index contributed by atoms with van der Waals surface area (Å²) in [6.45, 7) is 4.43. The zero-order chi connectivity index (χ0) is 25.0.